The van der Waals surface area contributed by atoms with Crippen LogP contribution in [0.25, 0.3) is 0 Å². The van der Waals surface area contributed by atoms with Gasteiger partial charge in [-0.25, -0.2) is 0 Å². The largest absolute Gasteiger partial charge is 0.496 e. The second-order valence-corrected chi connectivity index (χ2v) is 6.48. The van der Waals surface area contributed by atoms with Crippen LogP contribution in [0.2, 0.25) is 0 Å². The van der Waals surface area contributed by atoms with Gasteiger partial charge < -0.3 is 9.47 Å². The lowest BCUT2D eigenvalue weighted by atomic mass is 9.77. The third kappa shape index (κ3) is 5.89. The number of rotatable bonds is 10. The van der Waals surface area contributed by atoms with Gasteiger partial charge in [0.15, 0.2) is 0 Å². The molecule has 0 amide bonds. The van der Waals surface area contributed by atoms with E-state index in [2.05, 4.69) is 26.8 Å². The van der Waals surface area contributed by atoms with Crippen LogP contribution < -0.4 is 4.74 Å². The predicted octanol–water partition coefficient (Wildman–Crippen LogP) is 5.19. The van der Waals surface area contributed by atoms with Gasteiger partial charge in [-0.3, -0.25) is 4.79 Å². The molecule has 1 rings (SSSR count). The van der Waals surface area contributed by atoms with Crippen molar-refractivity contribution >= 4 is 5.97 Å². The third-order valence-electron chi connectivity index (χ3n) is 4.21. The van der Waals surface area contributed by atoms with Crippen LogP contribution in [0.3, 0.4) is 0 Å². The van der Waals surface area contributed by atoms with E-state index in [0.717, 1.165) is 37.0 Å². The molecular formula is C20H32O3. The number of benzene rings is 1. The van der Waals surface area contributed by atoms with E-state index >= 15 is 0 Å². The van der Waals surface area contributed by atoms with Gasteiger partial charge in [0.05, 0.1) is 19.6 Å². The van der Waals surface area contributed by atoms with Crippen LogP contribution in [0.1, 0.15) is 64.9 Å². The van der Waals surface area contributed by atoms with Crippen molar-refractivity contribution in [3.8, 4) is 5.75 Å². The van der Waals surface area contributed by atoms with Crippen molar-refractivity contribution in [1.82, 2.24) is 0 Å². The average Bonchev–Trinajstić information content (AvgIpc) is 2.54. The van der Waals surface area contributed by atoms with Crippen molar-refractivity contribution in [2.24, 2.45) is 11.8 Å². The van der Waals surface area contributed by atoms with Gasteiger partial charge in [-0.1, -0.05) is 51.8 Å². The van der Waals surface area contributed by atoms with E-state index in [1.807, 2.05) is 25.1 Å². The second kappa shape index (κ2) is 10.3. The van der Waals surface area contributed by atoms with Crippen molar-refractivity contribution in [1.29, 1.82) is 0 Å². The molecule has 0 aliphatic heterocycles. The van der Waals surface area contributed by atoms with E-state index in [1.54, 1.807) is 7.11 Å². The number of carbonyl (C=O) groups excluding carboxylic acids is 1. The van der Waals surface area contributed by atoms with Gasteiger partial charge in [0.1, 0.15) is 5.75 Å². The fourth-order valence-corrected chi connectivity index (χ4v) is 3.15. The molecule has 2 unspecified atom stereocenters. The molecule has 1 aromatic rings. The molecule has 0 fully saturated rings. The zero-order valence-corrected chi connectivity index (χ0v) is 15.3. The predicted molar refractivity (Wildman–Crippen MR) is 94.8 cm³/mol. The summed E-state index contributed by atoms with van der Waals surface area (Å²) < 4.78 is 10.9. The SMILES string of the molecule is CCCCC(C(=O)OCC)C(CC(C)C)c1ccccc1OC. The number of ether oxygens (including phenoxy) is 2. The minimum absolute atomic E-state index is 0.0718. The summed E-state index contributed by atoms with van der Waals surface area (Å²) in [5.41, 5.74) is 1.12. The van der Waals surface area contributed by atoms with Crippen molar-refractivity contribution in [2.45, 2.75) is 59.3 Å². The molecule has 0 spiro atoms. The maximum absolute atomic E-state index is 12.6. The van der Waals surface area contributed by atoms with E-state index in [1.165, 1.54) is 0 Å². The second-order valence-electron chi connectivity index (χ2n) is 6.48. The van der Waals surface area contributed by atoms with Crippen LogP contribution in [0.4, 0.5) is 0 Å². The van der Waals surface area contributed by atoms with Crippen LogP contribution in [0.5, 0.6) is 5.75 Å². The highest BCUT2D eigenvalue weighted by molar-refractivity contribution is 5.74. The summed E-state index contributed by atoms with van der Waals surface area (Å²) in [6, 6.07) is 8.06. The summed E-state index contributed by atoms with van der Waals surface area (Å²) in [5.74, 6) is 1.33. The van der Waals surface area contributed by atoms with Crippen molar-refractivity contribution < 1.29 is 14.3 Å². The first-order valence-corrected chi connectivity index (χ1v) is 8.84. The Morgan fingerprint density at radius 2 is 1.87 bits per heavy atom. The third-order valence-corrected chi connectivity index (χ3v) is 4.21. The van der Waals surface area contributed by atoms with Crippen molar-refractivity contribution in [3.63, 3.8) is 0 Å². The monoisotopic (exact) mass is 320 g/mol. The molecule has 0 bridgehead atoms. The van der Waals surface area contributed by atoms with Gasteiger partial charge in [0.2, 0.25) is 0 Å². The van der Waals surface area contributed by atoms with Gasteiger partial charge in [-0.15, -0.1) is 0 Å². The highest BCUT2D eigenvalue weighted by atomic mass is 16.5. The molecule has 23 heavy (non-hydrogen) atoms. The maximum Gasteiger partial charge on any atom is 0.309 e. The quantitative estimate of drug-likeness (QED) is 0.556. The van der Waals surface area contributed by atoms with E-state index in [0.29, 0.717) is 12.5 Å². The average molecular weight is 320 g/mol. The lowest BCUT2D eigenvalue weighted by Gasteiger charge is -2.28. The van der Waals surface area contributed by atoms with Crippen LogP contribution in [0, 0.1) is 11.8 Å². The molecule has 2 atom stereocenters. The summed E-state index contributed by atoms with van der Waals surface area (Å²) in [7, 11) is 1.69. The van der Waals surface area contributed by atoms with Crippen LogP contribution >= 0.6 is 0 Å². The Morgan fingerprint density at radius 1 is 1.17 bits per heavy atom. The molecule has 3 heteroatoms. The Balaban J connectivity index is 3.19. The fourth-order valence-electron chi connectivity index (χ4n) is 3.15. The smallest absolute Gasteiger partial charge is 0.309 e. The Morgan fingerprint density at radius 3 is 2.43 bits per heavy atom. The number of esters is 1. The molecular weight excluding hydrogens is 288 g/mol. The number of carbonyl (C=O) groups is 1. The van der Waals surface area contributed by atoms with Crippen LogP contribution in [-0.2, 0) is 9.53 Å². The first kappa shape index (κ1) is 19.5. The molecule has 1 aromatic carbocycles. The fraction of sp³-hybridized carbons (Fsp3) is 0.650. The van der Waals surface area contributed by atoms with E-state index in [4.69, 9.17) is 9.47 Å². The molecule has 130 valence electrons. The number of unbranched alkanes of at least 4 members (excludes halogenated alkanes) is 1. The van der Waals surface area contributed by atoms with E-state index in [-0.39, 0.29) is 17.8 Å². The molecule has 0 aliphatic rings. The molecule has 0 saturated carbocycles. The maximum atomic E-state index is 12.6. The Bertz CT molecular complexity index is 468. The summed E-state index contributed by atoms with van der Waals surface area (Å²) >= 11 is 0. The molecule has 0 saturated heterocycles. The van der Waals surface area contributed by atoms with Gasteiger partial charge in [0, 0.05) is 5.92 Å². The molecule has 0 radical (unpaired) electrons. The van der Waals surface area contributed by atoms with Crippen molar-refractivity contribution in [2.75, 3.05) is 13.7 Å². The van der Waals surface area contributed by atoms with Gasteiger partial charge in [-0.2, -0.15) is 0 Å². The topological polar surface area (TPSA) is 35.5 Å². The first-order chi connectivity index (χ1) is 11.0. The zero-order valence-electron chi connectivity index (χ0n) is 15.3. The zero-order chi connectivity index (χ0) is 17.2. The normalized spacial score (nSPS) is 13.7. The minimum atomic E-state index is -0.103. The molecule has 0 aliphatic carbocycles. The number of para-hydroxylation sites is 1. The highest BCUT2D eigenvalue weighted by Gasteiger charge is 2.32. The standard InChI is InChI=1S/C20H32O3/c1-6-8-11-17(20(21)23-7-2)18(14-15(3)4)16-12-9-10-13-19(16)22-5/h9-10,12-13,15,17-18H,6-8,11,14H2,1-5H3. The summed E-state index contributed by atoms with van der Waals surface area (Å²) in [5, 5.41) is 0. The molecule has 0 heterocycles. The van der Waals surface area contributed by atoms with Gasteiger partial charge in [-0.05, 0) is 37.3 Å². The summed E-state index contributed by atoms with van der Waals surface area (Å²) in [6.07, 6.45) is 3.93. The van der Waals surface area contributed by atoms with Crippen LogP contribution in [0.15, 0.2) is 24.3 Å². The first-order valence-electron chi connectivity index (χ1n) is 8.84. The Kier molecular flexibility index (Phi) is 8.75. The lowest BCUT2D eigenvalue weighted by Crippen LogP contribution is -2.26. The number of methoxy groups -OCH3 is 1. The van der Waals surface area contributed by atoms with Gasteiger partial charge in [0.25, 0.3) is 0 Å². The van der Waals surface area contributed by atoms with E-state index < -0.39 is 0 Å². The highest BCUT2D eigenvalue weighted by Crippen LogP contribution is 2.39. The lowest BCUT2D eigenvalue weighted by molar-refractivity contribution is -0.149. The van der Waals surface area contributed by atoms with Gasteiger partial charge >= 0.3 is 5.97 Å². The molecule has 3 nitrogen and oxygen atoms in total. The molecule has 0 N–H and O–H groups in total. The summed E-state index contributed by atoms with van der Waals surface area (Å²) in [4.78, 5) is 12.6. The van der Waals surface area contributed by atoms with Crippen molar-refractivity contribution in [3.05, 3.63) is 29.8 Å². The Hall–Kier alpha value is -1.51. The number of hydrogen-bond acceptors (Lipinski definition) is 3. The minimum Gasteiger partial charge on any atom is -0.496 e. The van der Waals surface area contributed by atoms with Crippen LogP contribution in [-0.4, -0.2) is 19.7 Å². The Labute approximate surface area is 141 Å². The van der Waals surface area contributed by atoms with E-state index in [9.17, 15) is 4.79 Å². The number of hydrogen-bond donors (Lipinski definition) is 0. The summed E-state index contributed by atoms with van der Waals surface area (Å²) in [6.45, 7) is 8.86. The molecule has 0 aromatic heterocycles.